The lowest BCUT2D eigenvalue weighted by Gasteiger charge is -2.38. The van der Waals surface area contributed by atoms with Gasteiger partial charge in [0.25, 0.3) is 11.7 Å². The number of hydrogen-bond donors (Lipinski definition) is 1. The summed E-state index contributed by atoms with van der Waals surface area (Å²) in [7, 11) is 0. The molecule has 2 aromatic heterocycles. The van der Waals surface area contributed by atoms with E-state index in [1.54, 1.807) is 12.1 Å². The van der Waals surface area contributed by atoms with Gasteiger partial charge in [0.15, 0.2) is 0 Å². The van der Waals surface area contributed by atoms with Crippen LogP contribution in [0.3, 0.4) is 0 Å². The standard InChI is InChI=1S/C32H33FN4O3/c33-25-8-11-28-19-29(24-6-2-1-3-7-24)30(37(28)21-25)31(38)32(39)34-26-9-12-27(13-10-26)36-16-14-35(15-17-36)20-23-5-4-18-40-22-23/h1-3,6-13,19,21,23H,4-5,14-18,20,22H2,(H,34,39). The number of carbonyl (C=O) groups is 2. The summed E-state index contributed by atoms with van der Waals surface area (Å²) >= 11 is 0. The van der Waals surface area contributed by atoms with Crippen LogP contribution in [0.25, 0.3) is 16.6 Å². The third-order valence-corrected chi connectivity index (χ3v) is 7.87. The number of Topliss-reactive ketones (excluding diaryl/α,β-unsaturated/α-hetero) is 1. The molecule has 40 heavy (non-hydrogen) atoms. The van der Waals surface area contributed by atoms with E-state index in [-0.39, 0.29) is 5.69 Å². The van der Waals surface area contributed by atoms with Crippen molar-refractivity contribution in [3.8, 4) is 11.1 Å². The van der Waals surface area contributed by atoms with Crippen molar-refractivity contribution in [1.82, 2.24) is 9.30 Å². The van der Waals surface area contributed by atoms with E-state index in [0.717, 1.165) is 63.6 Å². The van der Waals surface area contributed by atoms with Crippen LogP contribution in [0.4, 0.5) is 15.8 Å². The Kier molecular flexibility index (Phi) is 7.62. The number of aromatic nitrogens is 1. The zero-order chi connectivity index (χ0) is 27.5. The van der Waals surface area contributed by atoms with Crippen LogP contribution in [0.5, 0.6) is 0 Å². The fraction of sp³-hybridized carbons (Fsp3) is 0.312. The SMILES string of the molecule is O=C(Nc1ccc(N2CCN(CC3CCCOC3)CC2)cc1)C(=O)c1c(-c2ccccc2)cc2ccc(F)cn12. The maximum Gasteiger partial charge on any atom is 0.298 e. The molecule has 0 radical (unpaired) electrons. The van der Waals surface area contributed by atoms with E-state index in [1.807, 2.05) is 54.6 Å². The first kappa shape index (κ1) is 26.2. The van der Waals surface area contributed by atoms with Crippen LogP contribution in [0.1, 0.15) is 23.3 Å². The molecule has 1 amide bonds. The van der Waals surface area contributed by atoms with Crippen molar-refractivity contribution in [2.75, 3.05) is 56.2 Å². The highest BCUT2D eigenvalue weighted by Crippen LogP contribution is 2.29. The molecule has 1 atom stereocenters. The maximum absolute atomic E-state index is 14.1. The number of carbonyl (C=O) groups excluding carboxylic acids is 2. The molecule has 0 bridgehead atoms. The Morgan fingerprint density at radius 2 is 1.73 bits per heavy atom. The fourth-order valence-corrected chi connectivity index (χ4v) is 5.77. The number of hydrogen-bond acceptors (Lipinski definition) is 5. The molecule has 4 aromatic rings. The second-order valence-electron chi connectivity index (χ2n) is 10.6. The molecule has 0 aliphatic carbocycles. The van der Waals surface area contributed by atoms with Gasteiger partial charge in [-0.3, -0.25) is 14.5 Å². The van der Waals surface area contributed by atoms with Crippen molar-refractivity contribution in [2.24, 2.45) is 5.92 Å². The molecule has 7 nitrogen and oxygen atoms in total. The van der Waals surface area contributed by atoms with E-state index >= 15 is 0 Å². The molecule has 4 heterocycles. The van der Waals surface area contributed by atoms with Gasteiger partial charge < -0.3 is 19.4 Å². The molecule has 2 saturated heterocycles. The van der Waals surface area contributed by atoms with Crippen LogP contribution < -0.4 is 10.2 Å². The normalized spacial score (nSPS) is 18.1. The van der Waals surface area contributed by atoms with Crippen molar-refractivity contribution in [1.29, 1.82) is 0 Å². The van der Waals surface area contributed by atoms with E-state index in [1.165, 1.54) is 23.1 Å². The number of ether oxygens (including phenoxy) is 1. The third-order valence-electron chi connectivity index (χ3n) is 7.87. The number of benzene rings is 2. The van der Waals surface area contributed by atoms with Gasteiger partial charge in [-0.1, -0.05) is 30.3 Å². The van der Waals surface area contributed by atoms with Crippen molar-refractivity contribution in [2.45, 2.75) is 12.8 Å². The molecular formula is C32H33FN4O3. The van der Waals surface area contributed by atoms with Crippen molar-refractivity contribution >= 4 is 28.6 Å². The number of nitrogens with one attached hydrogen (secondary N) is 1. The molecule has 1 N–H and O–H groups in total. The molecule has 8 heteroatoms. The number of piperazine rings is 1. The summed E-state index contributed by atoms with van der Waals surface area (Å²) in [6.07, 6.45) is 3.65. The van der Waals surface area contributed by atoms with E-state index in [9.17, 15) is 14.0 Å². The Labute approximate surface area is 233 Å². The van der Waals surface area contributed by atoms with E-state index in [4.69, 9.17) is 4.74 Å². The molecule has 206 valence electrons. The van der Waals surface area contributed by atoms with Crippen LogP contribution in [0.15, 0.2) is 79.0 Å². The quantitative estimate of drug-likeness (QED) is 0.261. The number of fused-ring (bicyclic) bond motifs is 1. The minimum atomic E-state index is -0.769. The number of ketones is 1. The molecule has 0 saturated carbocycles. The van der Waals surface area contributed by atoms with Crippen LogP contribution in [0, 0.1) is 11.7 Å². The van der Waals surface area contributed by atoms with Crippen molar-refractivity contribution in [3.63, 3.8) is 0 Å². The van der Waals surface area contributed by atoms with Gasteiger partial charge in [-0.05, 0) is 66.8 Å². The van der Waals surface area contributed by atoms with E-state index in [2.05, 4.69) is 15.1 Å². The Morgan fingerprint density at radius 1 is 0.950 bits per heavy atom. The zero-order valence-electron chi connectivity index (χ0n) is 22.4. The first-order valence-electron chi connectivity index (χ1n) is 13.9. The van der Waals surface area contributed by atoms with Gasteiger partial charge in [0, 0.05) is 68.0 Å². The monoisotopic (exact) mass is 540 g/mol. The summed E-state index contributed by atoms with van der Waals surface area (Å²) < 4.78 is 21.2. The van der Waals surface area contributed by atoms with Gasteiger partial charge in [-0.2, -0.15) is 0 Å². The molecular weight excluding hydrogens is 507 g/mol. The number of pyridine rings is 1. The lowest BCUT2D eigenvalue weighted by Crippen LogP contribution is -2.48. The lowest BCUT2D eigenvalue weighted by molar-refractivity contribution is -0.112. The molecule has 6 rings (SSSR count). The maximum atomic E-state index is 14.1. The van der Waals surface area contributed by atoms with Gasteiger partial charge in [-0.25, -0.2) is 4.39 Å². The number of amides is 1. The first-order valence-corrected chi connectivity index (χ1v) is 13.9. The molecule has 1 unspecified atom stereocenters. The lowest BCUT2D eigenvalue weighted by atomic mass is 10.0. The number of halogens is 1. The Morgan fingerprint density at radius 3 is 2.45 bits per heavy atom. The minimum Gasteiger partial charge on any atom is -0.381 e. The van der Waals surface area contributed by atoms with Gasteiger partial charge in [0.05, 0.1) is 6.61 Å². The number of nitrogens with zero attached hydrogens (tertiary/aromatic N) is 3. The second-order valence-corrected chi connectivity index (χ2v) is 10.6. The fourth-order valence-electron chi connectivity index (χ4n) is 5.77. The van der Waals surface area contributed by atoms with Crippen LogP contribution in [-0.4, -0.2) is 66.9 Å². The highest BCUT2D eigenvalue weighted by Gasteiger charge is 2.26. The summed E-state index contributed by atoms with van der Waals surface area (Å²) in [6, 6.07) is 21.7. The number of rotatable bonds is 7. The van der Waals surface area contributed by atoms with E-state index < -0.39 is 17.5 Å². The van der Waals surface area contributed by atoms with E-state index in [0.29, 0.717) is 22.7 Å². The largest absolute Gasteiger partial charge is 0.381 e. The summed E-state index contributed by atoms with van der Waals surface area (Å²) in [5, 5.41) is 2.74. The van der Waals surface area contributed by atoms with Crippen molar-refractivity contribution in [3.05, 3.63) is 90.5 Å². The highest BCUT2D eigenvalue weighted by molar-refractivity contribution is 6.47. The average molecular weight is 541 g/mol. The number of anilines is 2. The average Bonchev–Trinajstić information content (AvgIpc) is 3.37. The summed E-state index contributed by atoms with van der Waals surface area (Å²) in [4.78, 5) is 31.4. The van der Waals surface area contributed by atoms with Crippen molar-refractivity contribution < 1.29 is 18.7 Å². The summed E-state index contributed by atoms with van der Waals surface area (Å²) in [5.74, 6) is -1.35. The van der Waals surface area contributed by atoms with Gasteiger partial charge in [0.2, 0.25) is 0 Å². The molecule has 0 spiro atoms. The van der Waals surface area contributed by atoms with Crippen LogP contribution in [0.2, 0.25) is 0 Å². The summed E-state index contributed by atoms with van der Waals surface area (Å²) in [5.41, 5.74) is 3.74. The topological polar surface area (TPSA) is 66.3 Å². The molecule has 2 aromatic carbocycles. The molecule has 2 fully saturated rings. The van der Waals surface area contributed by atoms with Gasteiger partial charge in [-0.15, -0.1) is 0 Å². The van der Waals surface area contributed by atoms with Crippen LogP contribution >= 0.6 is 0 Å². The van der Waals surface area contributed by atoms with Crippen LogP contribution in [-0.2, 0) is 9.53 Å². The predicted molar refractivity (Wildman–Crippen MR) is 154 cm³/mol. The summed E-state index contributed by atoms with van der Waals surface area (Å²) in [6.45, 7) is 6.78. The second kappa shape index (κ2) is 11.6. The Balaban J connectivity index is 1.12. The van der Waals surface area contributed by atoms with Gasteiger partial charge >= 0.3 is 0 Å². The molecule has 2 aliphatic heterocycles. The highest BCUT2D eigenvalue weighted by atomic mass is 19.1. The minimum absolute atomic E-state index is 0.132. The first-order chi connectivity index (χ1) is 19.5. The Bertz CT molecular complexity index is 1490. The Hall–Kier alpha value is -4.01. The molecule has 2 aliphatic rings. The van der Waals surface area contributed by atoms with Gasteiger partial charge in [0.1, 0.15) is 11.5 Å². The predicted octanol–water partition coefficient (Wildman–Crippen LogP) is 5.12. The smallest absolute Gasteiger partial charge is 0.298 e. The third kappa shape index (κ3) is 5.64. The zero-order valence-corrected chi connectivity index (χ0v) is 22.4.